The van der Waals surface area contributed by atoms with Crippen molar-refractivity contribution in [1.82, 2.24) is 0 Å². The van der Waals surface area contributed by atoms with Gasteiger partial charge in [-0.1, -0.05) is 48.5 Å². The molecule has 0 saturated heterocycles. The van der Waals surface area contributed by atoms with Crippen molar-refractivity contribution >= 4 is 28.3 Å². The molecule has 0 heterocycles. The van der Waals surface area contributed by atoms with E-state index in [1.807, 2.05) is 62.4 Å². The van der Waals surface area contributed by atoms with Crippen molar-refractivity contribution < 1.29 is 14.3 Å². The topological polar surface area (TPSA) is 55.4 Å². The Morgan fingerprint density at radius 2 is 1.69 bits per heavy atom. The molecule has 1 atom stereocenters. The normalized spacial score (nSPS) is 11.8. The summed E-state index contributed by atoms with van der Waals surface area (Å²) in [4.78, 5) is 25.0. The monoisotopic (exact) mass is 347 g/mol. The molecule has 0 radical (unpaired) electrons. The molecule has 26 heavy (non-hydrogen) atoms. The van der Waals surface area contributed by atoms with E-state index in [4.69, 9.17) is 4.74 Å². The molecule has 0 unspecified atom stereocenters. The summed E-state index contributed by atoms with van der Waals surface area (Å²) >= 11 is 0. The minimum Gasteiger partial charge on any atom is -0.449 e. The van der Waals surface area contributed by atoms with Gasteiger partial charge in [0.15, 0.2) is 6.10 Å². The molecule has 0 aliphatic rings. The molecule has 4 heteroatoms. The third kappa shape index (κ3) is 3.75. The number of hydrogen-bond acceptors (Lipinski definition) is 3. The molecule has 132 valence electrons. The lowest BCUT2D eigenvalue weighted by Gasteiger charge is -2.15. The summed E-state index contributed by atoms with van der Waals surface area (Å²) in [7, 11) is 0. The summed E-state index contributed by atoms with van der Waals surface area (Å²) in [5.41, 5.74) is 3.18. The largest absolute Gasteiger partial charge is 0.449 e. The Morgan fingerprint density at radius 1 is 0.962 bits per heavy atom. The van der Waals surface area contributed by atoms with E-state index in [1.54, 1.807) is 19.1 Å². The lowest BCUT2D eigenvalue weighted by Crippen LogP contribution is -2.30. The average molecular weight is 347 g/mol. The lowest BCUT2D eigenvalue weighted by atomic mass is 10.0. The van der Waals surface area contributed by atoms with Crippen molar-refractivity contribution in [3.63, 3.8) is 0 Å². The van der Waals surface area contributed by atoms with E-state index in [2.05, 4.69) is 5.32 Å². The van der Waals surface area contributed by atoms with Gasteiger partial charge < -0.3 is 10.1 Å². The van der Waals surface area contributed by atoms with E-state index >= 15 is 0 Å². The van der Waals surface area contributed by atoms with Crippen molar-refractivity contribution in [3.8, 4) is 0 Å². The van der Waals surface area contributed by atoms with Crippen LogP contribution < -0.4 is 5.32 Å². The van der Waals surface area contributed by atoms with E-state index in [-0.39, 0.29) is 5.91 Å². The molecule has 0 saturated carbocycles. The summed E-state index contributed by atoms with van der Waals surface area (Å²) in [5.74, 6) is -0.863. The van der Waals surface area contributed by atoms with Gasteiger partial charge in [0.05, 0.1) is 5.56 Å². The number of anilines is 1. The summed E-state index contributed by atoms with van der Waals surface area (Å²) in [6, 6.07) is 18.9. The Balaban J connectivity index is 1.74. The minimum atomic E-state index is -0.901. The number of amides is 1. The van der Waals surface area contributed by atoms with E-state index in [9.17, 15) is 9.59 Å². The van der Waals surface area contributed by atoms with Crippen LogP contribution in [0.2, 0.25) is 0 Å². The molecule has 3 rings (SSSR count). The van der Waals surface area contributed by atoms with Crippen LogP contribution in [0.15, 0.2) is 60.7 Å². The second kappa shape index (κ2) is 7.40. The average Bonchev–Trinajstić information content (AvgIpc) is 2.64. The third-order valence-corrected chi connectivity index (χ3v) is 4.31. The Kier molecular flexibility index (Phi) is 5.03. The molecule has 0 aliphatic carbocycles. The fourth-order valence-corrected chi connectivity index (χ4v) is 2.79. The van der Waals surface area contributed by atoms with E-state index in [0.29, 0.717) is 5.56 Å². The zero-order valence-corrected chi connectivity index (χ0v) is 15.1. The molecule has 0 spiro atoms. The first kappa shape index (κ1) is 17.7. The first-order valence-corrected chi connectivity index (χ1v) is 8.52. The van der Waals surface area contributed by atoms with Crippen LogP contribution in [0.5, 0.6) is 0 Å². The summed E-state index contributed by atoms with van der Waals surface area (Å²) in [6.45, 7) is 5.45. The molecule has 0 aromatic heterocycles. The fourth-order valence-electron chi connectivity index (χ4n) is 2.79. The van der Waals surface area contributed by atoms with Crippen LogP contribution >= 0.6 is 0 Å². The van der Waals surface area contributed by atoms with Crippen LogP contribution in [0.4, 0.5) is 5.69 Å². The van der Waals surface area contributed by atoms with E-state index in [0.717, 1.165) is 27.6 Å². The molecule has 3 aromatic carbocycles. The van der Waals surface area contributed by atoms with Crippen LogP contribution in [0.3, 0.4) is 0 Å². The predicted octanol–water partition coefficient (Wildman–Crippen LogP) is 4.64. The second-order valence-electron chi connectivity index (χ2n) is 6.38. The van der Waals surface area contributed by atoms with Crippen molar-refractivity contribution in [2.24, 2.45) is 0 Å². The third-order valence-electron chi connectivity index (χ3n) is 4.31. The van der Waals surface area contributed by atoms with Crippen molar-refractivity contribution in [1.29, 1.82) is 0 Å². The predicted molar refractivity (Wildman–Crippen MR) is 103 cm³/mol. The molecule has 0 aliphatic heterocycles. The summed E-state index contributed by atoms with van der Waals surface area (Å²) < 4.78 is 5.40. The van der Waals surface area contributed by atoms with Crippen LogP contribution in [0, 0.1) is 13.8 Å². The van der Waals surface area contributed by atoms with Gasteiger partial charge in [0, 0.05) is 5.69 Å². The number of esters is 1. The van der Waals surface area contributed by atoms with Crippen LogP contribution in [-0.4, -0.2) is 18.0 Å². The lowest BCUT2D eigenvalue weighted by molar-refractivity contribution is -0.123. The SMILES string of the molecule is Cc1ccc(C)c(NC(=O)[C@H](C)OC(=O)c2cccc3ccccc23)c1. The quantitative estimate of drug-likeness (QED) is 0.700. The van der Waals surface area contributed by atoms with Gasteiger partial charge in [-0.15, -0.1) is 0 Å². The highest BCUT2D eigenvalue weighted by atomic mass is 16.5. The van der Waals surface area contributed by atoms with Gasteiger partial charge >= 0.3 is 5.97 Å². The highest BCUT2D eigenvalue weighted by Crippen LogP contribution is 2.20. The number of carbonyl (C=O) groups excluding carboxylic acids is 2. The standard InChI is InChI=1S/C22H21NO3/c1-14-11-12-15(2)20(13-14)23-21(24)16(3)26-22(25)19-10-6-8-17-7-4-5-9-18(17)19/h4-13,16H,1-3H3,(H,23,24)/t16-/m0/s1. The Labute approximate surface area is 152 Å². The van der Waals surface area contributed by atoms with Gasteiger partial charge in [-0.2, -0.15) is 0 Å². The van der Waals surface area contributed by atoms with E-state index in [1.165, 1.54) is 0 Å². The maximum absolute atomic E-state index is 12.5. The Hall–Kier alpha value is -3.14. The molecule has 4 nitrogen and oxygen atoms in total. The van der Waals surface area contributed by atoms with Crippen molar-refractivity contribution in [2.45, 2.75) is 26.9 Å². The molecular weight excluding hydrogens is 326 g/mol. The maximum Gasteiger partial charge on any atom is 0.339 e. The first-order valence-electron chi connectivity index (χ1n) is 8.52. The van der Waals surface area contributed by atoms with Gasteiger partial charge in [0.2, 0.25) is 0 Å². The number of ether oxygens (including phenoxy) is 1. The molecule has 1 amide bonds. The maximum atomic E-state index is 12.5. The van der Waals surface area contributed by atoms with Crippen LogP contribution in [0.25, 0.3) is 10.8 Å². The number of nitrogens with one attached hydrogen (secondary N) is 1. The van der Waals surface area contributed by atoms with Gasteiger partial charge in [0.25, 0.3) is 5.91 Å². The summed E-state index contributed by atoms with van der Waals surface area (Å²) in [6.07, 6.45) is -0.901. The number of aryl methyl sites for hydroxylation is 2. The van der Waals surface area contributed by atoms with Gasteiger partial charge in [0.1, 0.15) is 0 Å². The number of carbonyl (C=O) groups is 2. The smallest absolute Gasteiger partial charge is 0.339 e. The van der Waals surface area contributed by atoms with Crippen molar-refractivity contribution in [2.75, 3.05) is 5.32 Å². The van der Waals surface area contributed by atoms with Gasteiger partial charge in [-0.05, 0) is 54.8 Å². The number of benzene rings is 3. The highest BCUT2D eigenvalue weighted by Gasteiger charge is 2.20. The second-order valence-corrected chi connectivity index (χ2v) is 6.38. The zero-order valence-electron chi connectivity index (χ0n) is 15.1. The molecule has 0 fully saturated rings. The minimum absolute atomic E-state index is 0.354. The fraction of sp³-hybridized carbons (Fsp3) is 0.182. The molecular formula is C22H21NO3. The number of hydrogen-bond donors (Lipinski definition) is 1. The van der Waals surface area contributed by atoms with Crippen LogP contribution in [-0.2, 0) is 9.53 Å². The zero-order chi connectivity index (χ0) is 18.7. The first-order chi connectivity index (χ1) is 12.5. The molecule has 3 aromatic rings. The van der Waals surface area contributed by atoms with E-state index < -0.39 is 12.1 Å². The van der Waals surface area contributed by atoms with Crippen LogP contribution in [0.1, 0.15) is 28.4 Å². The van der Waals surface area contributed by atoms with Gasteiger partial charge in [-0.3, -0.25) is 4.79 Å². The summed E-state index contributed by atoms with van der Waals surface area (Å²) in [5, 5.41) is 4.59. The van der Waals surface area contributed by atoms with Crippen molar-refractivity contribution in [3.05, 3.63) is 77.4 Å². The number of fused-ring (bicyclic) bond motifs is 1. The van der Waals surface area contributed by atoms with Gasteiger partial charge in [-0.25, -0.2) is 4.79 Å². The molecule has 0 bridgehead atoms. The Morgan fingerprint density at radius 3 is 2.50 bits per heavy atom. The Bertz CT molecular complexity index is 973. The highest BCUT2D eigenvalue weighted by molar-refractivity contribution is 6.05. The number of rotatable bonds is 4. The molecule has 1 N–H and O–H groups in total.